The molecule has 2 heterocycles. The summed E-state index contributed by atoms with van der Waals surface area (Å²) in [5.41, 5.74) is 4.16. The van der Waals surface area contributed by atoms with Gasteiger partial charge in [-0.05, 0) is 49.2 Å². The van der Waals surface area contributed by atoms with Crippen molar-refractivity contribution in [2.45, 2.75) is 13.8 Å². The molecule has 3 aromatic rings. The van der Waals surface area contributed by atoms with Gasteiger partial charge in [-0.3, -0.25) is 0 Å². The zero-order chi connectivity index (χ0) is 20.9. The van der Waals surface area contributed by atoms with E-state index >= 15 is 0 Å². The van der Waals surface area contributed by atoms with Crippen molar-refractivity contribution in [1.82, 2.24) is 15.0 Å². The maximum Gasteiger partial charge on any atom is 0.233 e. The van der Waals surface area contributed by atoms with Crippen molar-refractivity contribution in [3.05, 3.63) is 53.6 Å². The lowest BCUT2D eigenvalue weighted by molar-refractivity contribution is 0.122. The maximum absolute atomic E-state index is 5.47. The Morgan fingerprint density at radius 1 is 0.903 bits per heavy atom. The molecule has 1 aromatic heterocycles. The van der Waals surface area contributed by atoms with Crippen LogP contribution < -0.4 is 20.3 Å². The van der Waals surface area contributed by atoms with E-state index in [9.17, 15) is 0 Å². The van der Waals surface area contributed by atoms with E-state index in [0.717, 1.165) is 30.2 Å². The number of morpholine rings is 1. The van der Waals surface area contributed by atoms with Crippen molar-refractivity contribution in [3.8, 4) is 5.75 Å². The summed E-state index contributed by atoms with van der Waals surface area (Å²) in [7, 11) is 1.64. The number of halogens is 1. The van der Waals surface area contributed by atoms with E-state index in [1.165, 1.54) is 11.1 Å². The highest BCUT2D eigenvalue weighted by molar-refractivity contribution is 5.85. The predicted octanol–water partition coefficient (Wildman–Crippen LogP) is 4.24. The molecule has 1 saturated heterocycles. The molecule has 0 bridgehead atoms. The number of nitrogens with zero attached hydrogens (tertiary/aromatic N) is 4. The summed E-state index contributed by atoms with van der Waals surface area (Å²) in [6, 6.07) is 13.9. The number of aryl methyl sites for hydroxylation is 2. The lowest BCUT2D eigenvalue weighted by Gasteiger charge is -2.27. The van der Waals surface area contributed by atoms with Crippen molar-refractivity contribution in [2.24, 2.45) is 0 Å². The van der Waals surface area contributed by atoms with Crippen LogP contribution in [0.15, 0.2) is 42.5 Å². The van der Waals surface area contributed by atoms with E-state index in [1.54, 1.807) is 7.11 Å². The van der Waals surface area contributed by atoms with Crippen LogP contribution in [-0.2, 0) is 4.74 Å². The quantitative estimate of drug-likeness (QED) is 0.586. The Morgan fingerprint density at radius 2 is 1.61 bits per heavy atom. The number of benzene rings is 2. The highest BCUT2D eigenvalue weighted by atomic mass is 35.5. The number of hydrogen-bond donors (Lipinski definition) is 2. The van der Waals surface area contributed by atoms with Crippen molar-refractivity contribution in [3.63, 3.8) is 0 Å². The Kier molecular flexibility index (Phi) is 7.49. The standard InChI is InChI=1S/C22H26N6O2.ClH/c1-15-8-9-17(14-16(15)2)23-20-25-21(24-18-6-4-5-7-19(18)29-3)27-22(26-20)28-10-12-30-13-11-28;/h4-9,14H,10-13H2,1-3H3,(H2,23,24,25,26,27);1H. The van der Waals surface area contributed by atoms with Gasteiger partial charge in [-0.1, -0.05) is 18.2 Å². The maximum atomic E-state index is 5.47. The molecule has 164 valence electrons. The molecule has 8 nitrogen and oxygen atoms in total. The normalized spacial score (nSPS) is 13.3. The molecule has 0 amide bonds. The molecule has 0 aliphatic carbocycles. The lowest BCUT2D eigenvalue weighted by atomic mass is 10.1. The summed E-state index contributed by atoms with van der Waals surface area (Å²) < 4.78 is 10.9. The van der Waals surface area contributed by atoms with Crippen molar-refractivity contribution < 1.29 is 9.47 Å². The largest absolute Gasteiger partial charge is 0.495 e. The first kappa shape index (κ1) is 22.6. The highest BCUT2D eigenvalue weighted by Crippen LogP contribution is 2.27. The monoisotopic (exact) mass is 442 g/mol. The van der Waals surface area contributed by atoms with Crippen LogP contribution in [-0.4, -0.2) is 48.4 Å². The van der Waals surface area contributed by atoms with Gasteiger partial charge in [-0.25, -0.2) is 0 Å². The molecule has 1 aliphatic heterocycles. The molecule has 0 saturated carbocycles. The second kappa shape index (κ2) is 10.3. The number of anilines is 5. The average Bonchev–Trinajstić information content (AvgIpc) is 2.77. The zero-order valence-electron chi connectivity index (χ0n) is 17.9. The van der Waals surface area contributed by atoms with Gasteiger partial charge in [0.25, 0.3) is 0 Å². The molecule has 2 aromatic carbocycles. The van der Waals surface area contributed by atoms with E-state index in [0.29, 0.717) is 31.1 Å². The minimum Gasteiger partial charge on any atom is -0.495 e. The number of ether oxygens (including phenoxy) is 2. The van der Waals surface area contributed by atoms with Crippen LogP contribution in [0.4, 0.5) is 29.2 Å². The Bertz CT molecular complexity index is 1030. The van der Waals surface area contributed by atoms with Gasteiger partial charge in [-0.15, -0.1) is 12.4 Å². The van der Waals surface area contributed by atoms with E-state index in [2.05, 4.69) is 56.5 Å². The fourth-order valence-corrected chi connectivity index (χ4v) is 3.20. The van der Waals surface area contributed by atoms with Crippen molar-refractivity contribution in [2.75, 3.05) is 48.9 Å². The molecule has 0 atom stereocenters. The summed E-state index contributed by atoms with van der Waals surface area (Å²) >= 11 is 0. The number of nitrogens with one attached hydrogen (secondary N) is 2. The number of methoxy groups -OCH3 is 1. The molecule has 31 heavy (non-hydrogen) atoms. The molecular formula is C22H27ClN6O2. The third-order valence-corrected chi connectivity index (χ3v) is 5.03. The minimum absolute atomic E-state index is 0. The smallest absolute Gasteiger partial charge is 0.233 e. The van der Waals surface area contributed by atoms with Gasteiger partial charge in [0.2, 0.25) is 17.8 Å². The fourth-order valence-electron chi connectivity index (χ4n) is 3.20. The Hall–Kier alpha value is -3.10. The molecule has 0 radical (unpaired) electrons. The number of para-hydroxylation sites is 2. The van der Waals surface area contributed by atoms with Gasteiger partial charge in [-0.2, -0.15) is 15.0 Å². The Morgan fingerprint density at radius 3 is 2.32 bits per heavy atom. The molecule has 4 rings (SSSR count). The summed E-state index contributed by atoms with van der Waals surface area (Å²) in [5, 5.41) is 6.58. The molecule has 0 spiro atoms. The summed E-state index contributed by atoms with van der Waals surface area (Å²) in [6.07, 6.45) is 0. The van der Waals surface area contributed by atoms with Gasteiger partial charge in [0.05, 0.1) is 26.0 Å². The van der Waals surface area contributed by atoms with Crippen LogP contribution in [0.25, 0.3) is 0 Å². The Balaban J connectivity index is 0.00000272. The van der Waals surface area contributed by atoms with Crippen molar-refractivity contribution in [1.29, 1.82) is 0 Å². The lowest BCUT2D eigenvalue weighted by Crippen LogP contribution is -2.37. The van der Waals surface area contributed by atoms with Crippen LogP contribution in [0.1, 0.15) is 11.1 Å². The second-order valence-electron chi connectivity index (χ2n) is 7.13. The van der Waals surface area contributed by atoms with Crippen LogP contribution in [0.5, 0.6) is 5.75 Å². The average molecular weight is 443 g/mol. The van der Waals surface area contributed by atoms with Gasteiger partial charge < -0.3 is 25.0 Å². The first-order chi connectivity index (χ1) is 14.6. The van der Waals surface area contributed by atoms with E-state index in [-0.39, 0.29) is 12.4 Å². The van der Waals surface area contributed by atoms with Crippen LogP contribution >= 0.6 is 12.4 Å². The number of rotatable bonds is 6. The Labute approximate surface area is 188 Å². The van der Waals surface area contributed by atoms with Gasteiger partial charge in [0.1, 0.15) is 5.75 Å². The van der Waals surface area contributed by atoms with Crippen LogP contribution in [0, 0.1) is 13.8 Å². The van der Waals surface area contributed by atoms with Gasteiger partial charge >= 0.3 is 0 Å². The molecule has 0 unspecified atom stereocenters. The molecule has 2 N–H and O–H groups in total. The van der Waals surface area contributed by atoms with E-state index < -0.39 is 0 Å². The van der Waals surface area contributed by atoms with E-state index in [4.69, 9.17) is 9.47 Å². The molecular weight excluding hydrogens is 416 g/mol. The number of aromatic nitrogens is 3. The molecule has 1 aliphatic rings. The second-order valence-corrected chi connectivity index (χ2v) is 7.13. The summed E-state index contributed by atoms with van der Waals surface area (Å²) in [5.74, 6) is 2.25. The van der Waals surface area contributed by atoms with Crippen LogP contribution in [0.2, 0.25) is 0 Å². The predicted molar refractivity (Wildman–Crippen MR) is 126 cm³/mol. The van der Waals surface area contributed by atoms with Crippen LogP contribution in [0.3, 0.4) is 0 Å². The third-order valence-electron chi connectivity index (χ3n) is 5.03. The van der Waals surface area contributed by atoms with Gasteiger partial charge in [0.15, 0.2) is 0 Å². The fraction of sp³-hybridized carbons (Fsp3) is 0.318. The number of hydrogen-bond acceptors (Lipinski definition) is 8. The SMILES string of the molecule is COc1ccccc1Nc1nc(Nc2ccc(C)c(C)c2)nc(N2CCOCC2)n1.Cl. The van der Waals surface area contributed by atoms with Gasteiger partial charge in [0, 0.05) is 18.8 Å². The zero-order valence-corrected chi connectivity index (χ0v) is 18.7. The molecule has 9 heteroatoms. The minimum atomic E-state index is 0. The topological polar surface area (TPSA) is 84.4 Å². The highest BCUT2D eigenvalue weighted by Gasteiger charge is 2.17. The summed E-state index contributed by atoms with van der Waals surface area (Å²) in [4.78, 5) is 16.0. The first-order valence-electron chi connectivity index (χ1n) is 9.95. The van der Waals surface area contributed by atoms with E-state index in [1.807, 2.05) is 30.3 Å². The third kappa shape index (κ3) is 5.53. The first-order valence-corrected chi connectivity index (χ1v) is 9.95. The molecule has 1 fully saturated rings. The summed E-state index contributed by atoms with van der Waals surface area (Å²) in [6.45, 7) is 6.96. The van der Waals surface area contributed by atoms with Crippen molar-refractivity contribution >= 4 is 41.6 Å².